The third-order valence-corrected chi connectivity index (χ3v) is 4.89. The van der Waals surface area contributed by atoms with Gasteiger partial charge in [-0.1, -0.05) is 24.3 Å². The van der Waals surface area contributed by atoms with Gasteiger partial charge in [-0.3, -0.25) is 0 Å². The Morgan fingerprint density at radius 1 is 1.10 bits per heavy atom. The molecule has 0 aliphatic carbocycles. The van der Waals surface area contributed by atoms with Crippen LogP contribution in [-0.2, 0) is 16.6 Å². The first-order valence-electron chi connectivity index (χ1n) is 6.41. The summed E-state index contributed by atoms with van der Waals surface area (Å²) in [6, 6.07) is 12.8. The van der Waals surface area contributed by atoms with Gasteiger partial charge in [-0.15, -0.1) is 0 Å². The molecular formula is C15H17FN2O2S. The van der Waals surface area contributed by atoms with Crippen molar-refractivity contribution in [1.82, 2.24) is 4.31 Å². The molecule has 2 rings (SSSR count). The summed E-state index contributed by atoms with van der Waals surface area (Å²) in [5, 5.41) is 3.05. The Balaban J connectivity index is 2.26. The molecule has 0 unspecified atom stereocenters. The molecule has 2 aromatic rings. The molecule has 0 saturated heterocycles. The molecule has 0 heterocycles. The molecule has 0 atom stereocenters. The van der Waals surface area contributed by atoms with Crippen molar-refractivity contribution in [2.45, 2.75) is 11.4 Å². The van der Waals surface area contributed by atoms with Crippen LogP contribution in [0.25, 0.3) is 0 Å². The molecule has 4 nitrogen and oxygen atoms in total. The van der Waals surface area contributed by atoms with E-state index >= 15 is 0 Å². The summed E-state index contributed by atoms with van der Waals surface area (Å²) < 4.78 is 38.8. The maximum Gasteiger partial charge on any atom is 0.244 e. The zero-order chi connectivity index (χ0) is 15.5. The van der Waals surface area contributed by atoms with E-state index in [2.05, 4.69) is 5.32 Å². The van der Waals surface area contributed by atoms with Gasteiger partial charge in [0.15, 0.2) is 0 Å². The van der Waals surface area contributed by atoms with Gasteiger partial charge in [0.05, 0.1) is 5.69 Å². The van der Waals surface area contributed by atoms with Crippen LogP contribution in [0.4, 0.5) is 10.1 Å². The Bertz CT molecular complexity index is 730. The maximum atomic E-state index is 13.1. The van der Waals surface area contributed by atoms with Gasteiger partial charge in [-0.25, -0.2) is 17.1 Å². The second-order valence-electron chi connectivity index (χ2n) is 4.77. The highest BCUT2D eigenvalue weighted by Crippen LogP contribution is 2.23. The molecule has 21 heavy (non-hydrogen) atoms. The van der Waals surface area contributed by atoms with E-state index in [1.165, 1.54) is 26.2 Å². The molecule has 2 aromatic carbocycles. The summed E-state index contributed by atoms with van der Waals surface area (Å²) in [7, 11) is -0.554. The van der Waals surface area contributed by atoms with E-state index in [0.717, 1.165) is 9.87 Å². The van der Waals surface area contributed by atoms with E-state index in [1.807, 2.05) is 0 Å². The fourth-order valence-corrected chi connectivity index (χ4v) is 2.94. The van der Waals surface area contributed by atoms with Gasteiger partial charge in [-0.2, -0.15) is 0 Å². The number of anilines is 1. The van der Waals surface area contributed by atoms with Gasteiger partial charge in [0.2, 0.25) is 10.0 Å². The Morgan fingerprint density at radius 2 is 1.81 bits per heavy atom. The number of para-hydroxylation sites is 1. The van der Waals surface area contributed by atoms with Gasteiger partial charge in [0, 0.05) is 20.6 Å². The minimum absolute atomic E-state index is 0.200. The van der Waals surface area contributed by atoms with E-state index in [0.29, 0.717) is 12.2 Å². The summed E-state index contributed by atoms with van der Waals surface area (Å²) in [5.74, 6) is -0.316. The first-order valence-corrected chi connectivity index (χ1v) is 7.85. The van der Waals surface area contributed by atoms with Crippen molar-refractivity contribution < 1.29 is 12.8 Å². The summed E-state index contributed by atoms with van der Waals surface area (Å²) in [4.78, 5) is 0.200. The molecule has 0 fully saturated rings. The standard InChI is InChI=1S/C15H17FN2O2S/c1-18(2)21(19,20)15-9-4-3-8-14(15)17-11-12-6-5-7-13(16)10-12/h3-10,17H,11H2,1-2H3. The normalized spacial score (nSPS) is 11.6. The fraction of sp³-hybridized carbons (Fsp3) is 0.200. The van der Waals surface area contributed by atoms with Crippen LogP contribution in [-0.4, -0.2) is 26.8 Å². The van der Waals surface area contributed by atoms with E-state index < -0.39 is 10.0 Å². The lowest BCUT2D eigenvalue weighted by Gasteiger charge is -2.16. The maximum absolute atomic E-state index is 13.1. The topological polar surface area (TPSA) is 49.4 Å². The predicted octanol–water partition coefficient (Wildman–Crippen LogP) is 2.69. The molecule has 112 valence electrons. The molecule has 0 aliphatic rings. The van der Waals surface area contributed by atoms with Gasteiger partial charge in [0.1, 0.15) is 10.7 Å². The first kappa shape index (κ1) is 15.5. The lowest BCUT2D eigenvalue weighted by molar-refractivity contribution is 0.521. The number of nitrogens with zero attached hydrogens (tertiary/aromatic N) is 1. The largest absolute Gasteiger partial charge is 0.380 e. The molecule has 0 bridgehead atoms. The molecule has 0 aliphatic heterocycles. The number of sulfonamides is 1. The summed E-state index contributed by atoms with van der Waals surface area (Å²) in [6.07, 6.45) is 0. The number of hydrogen-bond donors (Lipinski definition) is 1. The van der Waals surface area contributed by atoms with Gasteiger partial charge >= 0.3 is 0 Å². The van der Waals surface area contributed by atoms with Crippen molar-refractivity contribution in [1.29, 1.82) is 0 Å². The van der Waals surface area contributed by atoms with Crippen molar-refractivity contribution >= 4 is 15.7 Å². The minimum Gasteiger partial charge on any atom is -0.380 e. The van der Waals surface area contributed by atoms with Crippen molar-refractivity contribution in [3.05, 3.63) is 59.9 Å². The van der Waals surface area contributed by atoms with Crippen LogP contribution >= 0.6 is 0 Å². The molecule has 0 spiro atoms. The van der Waals surface area contributed by atoms with E-state index in [4.69, 9.17) is 0 Å². The predicted molar refractivity (Wildman–Crippen MR) is 81.0 cm³/mol. The Morgan fingerprint density at radius 3 is 2.48 bits per heavy atom. The highest BCUT2D eigenvalue weighted by Gasteiger charge is 2.20. The lowest BCUT2D eigenvalue weighted by atomic mass is 10.2. The monoisotopic (exact) mass is 308 g/mol. The van der Waals surface area contributed by atoms with Crippen molar-refractivity contribution in [2.75, 3.05) is 19.4 Å². The second-order valence-corrected chi connectivity index (χ2v) is 6.89. The lowest BCUT2D eigenvalue weighted by Crippen LogP contribution is -2.23. The van der Waals surface area contributed by atoms with Gasteiger partial charge in [-0.05, 0) is 29.8 Å². The first-order chi connectivity index (χ1) is 9.91. The zero-order valence-corrected chi connectivity index (χ0v) is 12.7. The van der Waals surface area contributed by atoms with Crippen LogP contribution in [0.2, 0.25) is 0 Å². The van der Waals surface area contributed by atoms with Crippen LogP contribution in [0.3, 0.4) is 0 Å². The minimum atomic E-state index is -3.52. The van der Waals surface area contributed by atoms with E-state index in [-0.39, 0.29) is 10.7 Å². The van der Waals surface area contributed by atoms with Crippen LogP contribution in [0.5, 0.6) is 0 Å². The SMILES string of the molecule is CN(C)S(=O)(=O)c1ccccc1NCc1cccc(F)c1. The molecule has 0 amide bonds. The molecule has 1 N–H and O–H groups in total. The average Bonchev–Trinajstić information content (AvgIpc) is 2.45. The number of hydrogen-bond acceptors (Lipinski definition) is 3. The van der Waals surface area contributed by atoms with Crippen LogP contribution in [0.1, 0.15) is 5.56 Å². The summed E-state index contributed by atoms with van der Waals surface area (Å²) >= 11 is 0. The van der Waals surface area contributed by atoms with E-state index in [9.17, 15) is 12.8 Å². The smallest absolute Gasteiger partial charge is 0.244 e. The summed E-state index contributed by atoms with van der Waals surface area (Å²) in [5.41, 5.74) is 1.24. The molecule has 0 saturated carbocycles. The van der Waals surface area contributed by atoms with Crippen LogP contribution in [0, 0.1) is 5.82 Å². The van der Waals surface area contributed by atoms with Crippen LogP contribution in [0.15, 0.2) is 53.4 Å². The van der Waals surface area contributed by atoms with Gasteiger partial charge in [0.25, 0.3) is 0 Å². The number of nitrogens with one attached hydrogen (secondary N) is 1. The van der Waals surface area contributed by atoms with Crippen LogP contribution < -0.4 is 5.32 Å². The fourth-order valence-electron chi connectivity index (χ4n) is 1.88. The molecule has 0 aromatic heterocycles. The van der Waals surface area contributed by atoms with Crippen molar-refractivity contribution in [3.63, 3.8) is 0 Å². The van der Waals surface area contributed by atoms with Crippen molar-refractivity contribution in [2.24, 2.45) is 0 Å². The Hall–Kier alpha value is -1.92. The number of halogens is 1. The quantitative estimate of drug-likeness (QED) is 0.924. The van der Waals surface area contributed by atoms with E-state index in [1.54, 1.807) is 36.4 Å². The number of rotatable bonds is 5. The third kappa shape index (κ3) is 3.59. The van der Waals surface area contributed by atoms with Crippen molar-refractivity contribution in [3.8, 4) is 0 Å². The Labute approximate surface area is 124 Å². The Kier molecular flexibility index (Phi) is 4.59. The highest BCUT2D eigenvalue weighted by atomic mass is 32.2. The number of benzene rings is 2. The average molecular weight is 308 g/mol. The molecule has 6 heteroatoms. The second kappa shape index (κ2) is 6.24. The summed E-state index contributed by atoms with van der Waals surface area (Å²) in [6.45, 7) is 0.345. The van der Waals surface area contributed by atoms with Gasteiger partial charge < -0.3 is 5.32 Å². The molecule has 0 radical (unpaired) electrons. The highest BCUT2D eigenvalue weighted by molar-refractivity contribution is 7.89. The third-order valence-electron chi connectivity index (χ3n) is 3.02. The zero-order valence-electron chi connectivity index (χ0n) is 11.9. The molecular weight excluding hydrogens is 291 g/mol.